The highest BCUT2D eigenvalue weighted by Gasteiger charge is 2.18. The van der Waals surface area contributed by atoms with Gasteiger partial charge >= 0.3 is 0 Å². The molecule has 2 rings (SSSR count). The Morgan fingerprint density at radius 2 is 2.04 bits per heavy atom. The Kier molecular flexibility index (Phi) is 4.99. The number of hydrogen-bond donors (Lipinski definition) is 1. The van der Waals surface area contributed by atoms with Crippen LogP contribution in [0.1, 0.15) is 18.5 Å². The number of nitrogens with zero attached hydrogens (tertiary/aromatic N) is 3. The molecule has 0 saturated heterocycles. The third-order valence-electron chi connectivity index (χ3n) is 3.30. The fourth-order valence-electron chi connectivity index (χ4n) is 2.14. The number of nitro groups is 1. The molecule has 1 heterocycles. The quantitative estimate of drug-likeness (QED) is 0.611. The lowest BCUT2D eigenvalue weighted by Gasteiger charge is -2.13. The molecule has 1 aromatic heterocycles. The van der Waals surface area contributed by atoms with Gasteiger partial charge in [0.2, 0.25) is 0 Å². The van der Waals surface area contributed by atoms with E-state index in [0.29, 0.717) is 11.4 Å². The van der Waals surface area contributed by atoms with E-state index in [-0.39, 0.29) is 24.0 Å². The molecule has 1 N–H and O–H groups in total. The molecule has 1 aromatic carbocycles. The van der Waals surface area contributed by atoms with E-state index in [9.17, 15) is 18.5 Å². The Hall–Kier alpha value is -2.42. The predicted molar refractivity (Wildman–Crippen MR) is 87.1 cm³/mol. The Bertz CT molecular complexity index is 801. The van der Waals surface area contributed by atoms with E-state index in [4.69, 9.17) is 0 Å². The maximum Gasteiger partial charge on any atom is 0.274 e. The van der Waals surface area contributed by atoms with Crippen LogP contribution in [-0.4, -0.2) is 35.1 Å². The fourth-order valence-corrected chi connectivity index (χ4v) is 2.66. The van der Waals surface area contributed by atoms with Gasteiger partial charge < -0.3 is 5.32 Å². The van der Waals surface area contributed by atoms with Gasteiger partial charge in [-0.25, -0.2) is 8.42 Å². The number of hydrogen-bond acceptors (Lipinski definition) is 6. The molecule has 0 aliphatic rings. The van der Waals surface area contributed by atoms with E-state index in [1.807, 2.05) is 0 Å². The molecule has 0 bridgehead atoms. The van der Waals surface area contributed by atoms with Crippen LogP contribution in [0.15, 0.2) is 36.5 Å². The van der Waals surface area contributed by atoms with Crippen LogP contribution >= 0.6 is 0 Å². The average Bonchev–Trinajstić information content (AvgIpc) is 2.92. The Balaban J connectivity index is 2.08. The molecular formula is C14H18N4O4S. The highest BCUT2D eigenvalue weighted by Crippen LogP contribution is 2.26. The average molecular weight is 338 g/mol. The van der Waals surface area contributed by atoms with Crippen LogP contribution in [0.3, 0.4) is 0 Å². The first kappa shape index (κ1) is 16.9. The number of para-hydroxylation sites is 1. The Morgan fingerprint density at radius 1 is 1.35 bits per heavy atom. The van der Waals surface area contributed by atoms with Crippen molar-refractivity contribution >= 4 is 21.3 Å². The van der Waals surface area contributed by atoms with E-state index in [0.717, 1.165) is 0 Å². The lowest BCUT2D eigenvalue weighted by Crippen LogP contribution is -2.13. The van der Waals surface area contributed by atoms with Crippen LogP contribution in [0.4, 0.5) is 11.5 Å². The molecule has 8 nitrogen and oxygen atoms in total. The van der Waals surface area contributed by atoms with Gasteiger partial charge in [0.05, 0.1) is 28.8 Å². The van der Waals surface area contributed by atoms with Crippen molar-refractivity contribution in [1.82, 2.24) is 9.78 Å². The molecule has 2 aromatic rings. The van der Waals surface area contributed by atoms with Gasteiger partial charge in [0.15, 0.2) is 0 Å². The van der Waals surface area contributed by atoms with Crippen molar-refractivity contribution in [3.8, 4) is 0 Å². The second kappa shape index (κ2) is 6.78. The van der Waals surface area contributed by atoms with E-state index < -0.39 is 14.8 Å². The van der Waals surface area contributed by atoms with Gasteiger partial charge in [-0.15, -0.1) is 0 Å². The highest BCUT2D eigenvalue weighted by molar-refractivity contribution is 7.90. The van der Waals surface area contributed by atoms with Crippen molar-refractivity contribution in [2.45, 2.75) is 19.5 Å². The fraction of sp³-hybridized carbons (Fsp3) is 0.357. The molecule has 0 saturated carbocycles. The van der Waals surface area contributed by atoms with Crippen LogP contribution in [0.25, 0.3) is 0 Å². The molecule has 0 amide bonds. The third kappa shape index (κ3) is 4.78. The van der Waals surface area contributed by atoms with Crippen LogP contribution < -0.4 is 5.32 Å². The number of sulfone groups is 1. The topological polar surface area (TPSA) is 107 Å². The second-order valence-corrected chi connectivity index (χ2v) is 7.54. The summed E-state index contributed by atoms with van der Waals surface area (Å²) in [4.78, 5) is 10.6. The summed E-state index contributed by atoms with van der Waals surface area (Å²) in [6.45, 7) is 2.07. The maximum absolute atomic E-state index is 11.2. The minimum atomic E-state index is -3.05. The van der Waals surface area contributed by atoms with Crippen molar-refractivity contribution in [2.24, 2.45) is 0 Å². The zero-order valence-corrected chi connectivity index (χ0v) is 13.7. The number of anilines is 1. The van der Waals surface area contributed by atoms with Gasteiger partial charge in [0.25, 0.3) is 5.69 Å². The van der Waals surface area contributed by atoms with Crippen molar-refractivity contribution in [1.29, 1.82) is 0 Å². The smallest absolute Gasteiger partial charge is 0.274 e. The predicted octanol–water partition coefficient (Wildman–Crippen LogP) is 2.01. The summed E-state index contributed by atoms with van der Waals surface area (Å²) < 4.78 is 23.8. The molecule has 1 unspecified atom stereocenters. The van der Waals surface area contributed by atoms with Gasteiger partial charge in [0, 0.05) is 24.6 Å². The standard InChI is InChI=1S/C14H18N4O4S/c1-11(12-5-3-4-6-13(12)18(19)20)15-14-7-8-17(16-14)9-10-23(2,21)22/h3-8,11H,9-10H2,1-2H3,(H,15,16). The van der Waals surface area contributed by atoms with Gasteiger partial charge in [0.1, 0.15) is 15.7 Å². The molecule has 23 heavy (non-hydrogen) atoms. The molecule has 0 fully saturated rings. The number of benzene rings is 1. The van der Waals surface area contributed by atoms with Gasteiger partial charge in [-0.05, 0) is 6.92 Å². The first-order valence-corrected chi connectivity index (χ1v) is 9.03. The molecule has 0 radical (unpaired) electrons. The first-order valence-electron chi connectivity index (χ1n) is 6.97. The minimum absolute atomic E-state index is 0.00777. The van der Waals surface area contributed by atoms with E-state index in [2.05, 4.69) is 10.4 Å². The second-order valence-electron chi connectivity index (χ2n) is 5.28. The van der Waals surface area contributed by atoms with E-state index in [1.165, 1.54) is 17.0 Å². The molecule has 0 aliphatic carbocycles. The van der Waals surface area contributed by atoms with Crippen molar-refractivity contribution in [2.75, 3.05) is 17.3 Å². The van der Waals surface area contributed by atoms with Gasteiger partial charge in [-0.2, -0.15) is 5.10 Å². The molecule has 1 atom stereocenters. The van der Waals surface area contributed by atoms with Crippen molar-refractivity contribution in [3.05, 3.63) is 52.2 Å². The maximum atomic E-state index is 11.2. The molecular weight excluding hydrogens is 320 g/mol. The molecule has 0 spiro atoms. The lowest BCUT2D eigenvalue weighted by atomic mass is 10.1. The third-order valence-corrected chi connectivity index (χ3v) is 4.22. The van der Waals surface area contributed by atoms with Crippen LogP contribution in [0, 0.1) is 10.1 Å². The van der Waals surface area contributed by atoms with E-state index in [1.54, 1.807) is 37.4 Å². The summed E-state index contributed by atoms with van der Waals surface area (Å²) in [5.74, 6) is 0.539. The molecule has 9 heteroatoms. The molecule has 124 valence electrons. The number of nitrogens with one attached hydrogen (secondary N) is 1. The SMILES string of the molecule is CC(Nc1ccn(CCS(C)(=O)=O)n1)c1ccccc1[N+](=O)[O-]. The number of aryl methyl sites for hydroxylation is 1. The molecule has 0 aliphatic heterocycles. The summed E-state index contributed by atoms with van der Waals surface area (Å²) in [5, 5.41) is 18.4. The summed E-state index contributed by atoms with van der Waals surface area (Å²) in [7, 11) is -3.05. The highest BCUT2D eigenvalue weighted by atomic mass is 32.2. The largest absolute Gasteiger partial charge is 0.362 e. The monoisotopic (exact) mass is 338 g/mol. The number of rotatable bonds is 7. The Morgan fingerprint density at radius 3 is 2.70 bits per heavy atom. The van der Waals surface area contributed by atoms with Gasteiger partial charge in [-0.1, -0.05) is 18.2 Å². The van der Waals surface area contributed by atoms with Crippen LogP contribution in [-0.2, 0) is 16.4 Å². The van der Waals surface area contributed by atoms with Gasteiger partial charge in [-0.3, -0.25) is 14.8 Å². The van der Waals surface area contributed by atoms with Crippen molar-refractivity contribution < 1.29 is 13.3 Å². The summed E-state index contributed by atoms with van der Waals surface area (Å²) in [6, 6.07) is 7.90. The Labute approximate surface area is 134 Å². The number of aromatic nitrogens is 2. The first-order chi connectivity index (χ1) is 10.8. The minimum Gasteiger partial charge on any atom is -0.362 e. The number of nitro benzene ring substituents is 1. The normalized spacial score (nSPS) is 12.8. The lowest BCUT2D eigenvalue weighted by molar-refractivity contribution is -0.385. The zero-order valence-electron chi connectivity index (χ0n) is 12.8. The summed E-state index contributed by atoms with van der Waals surface area (Å²) in [5.41, 5.74) is 0.604. The summed E-state index contributed by atoms with van der Waals surface area (Å²) >= 11 is 0. The van der Waals surface area contributed by atoms with Crippen LogP contribution in [0.5, 0.6) is 0 Å². The summed E-state index contributed by atoms with van der Waals surface area (Å²) in [6.07, 6.45) is 2.84. The van der Waals surface area contributed by atoms with E-state index >= 15 is 0 Å². The zero-order chi connectivity index (χ0) is 17.0. The van der Waals surface area contributed by atoms with Crippen molar-refractivity contribution in [3.63, 3.8) is 0 Å². The van der Waals surface area contributed by atoms with Crippen LogP contribution in [0.2, 0.25) is 0 Å².